The molecule has 3 aromatic carbocycles. The van der Waals surface area contributed by atoms with Gasteiger partial charge in [-0.1, -0.05) is 0 Å². The van der Waals surface area contributed by atoms with Crippen LogP contribution in [0.15, 0.2) is 48.5 Å². The number of carbonyl (C=O) groups is 2. The third-order valence-electron chi connectivity index (χ3n) is 4.02. The number of phenols is 2. The van der Waals surface area contributed by atoms with Crippen LogP contribution in [0.1, 0.15) is 20.7 Å². The Hall–Kier alpha value is -4.60. The number of hydrogen-bond donors (Lipinski definition) is 6. The number of nitrogen functional groups attached to an aromatic ring is 2. The summed E-state index contributed by atoms with van der Waals surface area (Å²) in [4.78, 5) is 23.6. The minimum absolute atomic E-state index is 0.0472. The summed E-state index contributed by atoms with van der Waals surface area (Å²) < 4.78 is 11.0. The monoisotopic (exact) mass is 412 g/mol. The van der Waals surface area contributed by atoms with Gasteiger partial charge in [0.25, 0.3) is 0 Å². The van der Waals surface area contributed by atoms with Crippen molar-refractivity contribution >= 4 is 23.3 Å². The van der Waals surface area contributed by atoms with Crippen LogP contribution < -0.4 is 20.9 Å². The van der Waals surface area contributed by atoms with Crippen LogP contribution in [-0.2, 0) is 0 Å². The molecule has 0 unspecified atom stereocenters. The summed E-state index contributed by atoms with van der Waals surface area (Å²) in [6.45, 7) is 0. The second-order valence-electron chi connectivity index (χ2n) is 6.07. The molecule has 0 radical (unpaired) electrons. The number of nitrogens with two attached hydrogens (primary N) is 2. The highest BCUT2D eigenvalue weighted by Gasteiger charge is 2.26. The number of carboxylic acids is 2. The fraction of sp³-hybridized carbons (Fsp3) is 0. The molecule has 8 N–H and O–H groups in total. The van der Waals surface area contributed by atoms with Gasteiger partial charge in [0.05, 0.1) is 11.4 Å². The molecule has 0 bridgehead atoms. The quantitative estimate of drug-likeness (QED) is 0.259. The molecule has 0 atom stereocenters. The van der Waals surface area contributed by atoms with Crippen LogP contribution in [0.5, 0.6) is 34.5 Å². The average molecular weight is 412 g/mol. The van der Waals surface area contributed by atoms with E-state index >= 15 is 0 Å². The molecule has 0 saturated carbocycles. The Bertz CT molecular complexity index is 1160. The van der Waals surface area contributed by atoms with Gasteiger partial charge in [-0.15, -0.1) is 0 Å². The molecule has 10 nitrogen and oxygen atoms in total. The summed E-state index contributed by atoms with van der Waals surface area (Å²) >= 11 is 0. The van der Waals surface area contributed by atoms with Gasteiger partial charge >= 0.3 is 11.9 Å². The van der Waals surface area contributed by atoms with E-state index in [2.05, 4.69) is 0 Å². The number of hydrogen-bond acceptors (Lipinski definition) is 8. The second-order valence-corrected chi connectivity index (χ2v) is 6.07. The number of benzene rings is 3. The summed E-state index contributed by atoms with van der Waals surface area (Å²) in [7, 11) is 0. The van der Waals surface area contributed by atoms with Crippen LogP contribution in [-0.4, -0.2) is 32.4 Å². The molecule has 0 amide bonds. The number of carboxylic acid groups (broad SMARTS) is 2. The average Bonchev–Trinajstić information content (AvgIpc) is 2.67. The molecule has 3 aromatic rings. The fourth-order valence-corrected chi connectivity index (χ4v) is 2.55. The van der Waals surface area contributed by atoms with E-state index in [1.807, 2.05) is 0 Å². The number of rotatable bonds is 6. The molecule has 3 rings (SSSR count). The predicted molar refractivity (Wildman–Crippen MR) is 106 cm³/mol. The van der Waals surface area contributed by atoms with Gasteiger partial charge < -0.3 is 41.4 Å². The SMILES string of the molecule is Nc1ccc(Oc2ccc(C(=O)O)c(Oc3ccc(N)c(O)c3)c2C(=O)O)cc1O. The predicted octanol–water partition coefficient (Wildman–Crippen LogP) is 3.24. The van der Waals surface area contributed by atoms with Crippen molar-refractivity contribution in [3.05, 3.63) is 59.7 Å². The van der Waals surface area contributed by atoms with E-state index in [9.17, 15) is 30.0 Å². The molecule has 30 heavy (non-hydrogen) atoms. The van der Waals surface area contributed by atoms with E-state index < -0.39 is 28.8 Å². The lowest BCUT2D eigenvalue weighted by Gasteiger charge is -2.16. The summed E-state index contributed by atoms with van der Waals surface area (Å²) in [6.07, 6.45) is 0. The van der Waals surface area contributed by atoms with Gasteiger partial charge in [0.2, 0.25) is 0 Å². The topological polar surface area (TPSA) is 186 Å². The zero-order chi connectivity index (χ0) is 22.0. The lowest BCUT2D eigenvalue weighted by atomic mass is 10.1. The smallest absolute Gasteiger partial charge is 0.343 e. The minimum Gasteiger partial charge on any atom is -0.506 e. The van der Waals surface area contributed by atoms with Crippen molar-refractivity contribution in [1.29, 1.82) is 0 Å². The standard InChI is InChI=1S/C20H16N2O8/c21-12-4-1-9(7-14(12)23)29-16-6-3-11(19(25)26)18(17(16)20(27)28)30-10-2-5-13(22)15(24)8-10/h1-8,23-24H,21-22H2,(H,25,26)(H,27,28). The van der Waals surface area contributed by atoms with Gasteiger partial charge in [-0.2, -0.15) is 0 Å². The van der Waals surface area contributed by atoms with Crippen molar-refractivity contribution in [2.75, 3.05) is 11.5 Å². The van der Waals surface area contributed by atoms with E-state index in [1.54, 1.807) is 0 Å². The Morgan fingerprint density at radius 1 is 0.733 bits per heavy atom. The number of aromatic hydroxyl groups is 2. The first-order valence-electron chi connectivity index (χ1n) is 8.33. The molecule has 10 heteroatoms. The molecule has 0 fully saturated rings. The molecule has 0 aliphatic heterocycles. The number of phenolic OH excluding ortho intramolecular Hbond substituents is 2. The van der Waals surface area contributed by atoms with E-state index in [0.717, 1.165) is 18.2 Å². The van der Waals surface area contributed by atoms with Crippen molar-refractivity contribution in [2.45, 2.75) is 0 Å². The highest BCUT2D eigenvalue weighted by Crippen LogP contribution is 2.39. The lowest BCUT2D eigenvalue weighted by Crippen LogP contribution is -2.09. The van der Waals surface area contributed by atoms with E-state index in [0.29, 0.717) is 0 Å². The fourth-order valence-electron chi connectivity index (χ4n) is 2.55. The van der Waals surface area contributed by atoms with Crippen LogP contribution in [0, 0.1) is 0 Å². The zero-order valence-electron chi connectivity index (χ0n) is 15.2. The van der Waals surface area contributed by atoms with Gasteiger partial charge in [-0.05, 0) is 36.4 Å². The summed E-state index contributed by atoms with van der Waals surface area (Å²) in [5.74, 6) is -4.32. The molecular formula is C20H16N2O8. The Morgan fingerprint density at radius 3 is 1.73 bits per heavy atom. The molecule has 154 valence electrons. The molecule has 0 aliphatic carbocycles. The summed E-state index contributed by atoms with van der Waals surface area (Å²) in [6, 6.07) is 9.92. The molecule has 0 aromatic heterocycles. The van der Waals surface area contributed by atoms with Crippen LogP contribution in [0.25, 0.3) is 0 Å². The van der Waals surface area contributed by atoms with Gasteiger partial charge in [0.15, 0.2) is 5.75 Å². The van der Waals surface area contributed by atoms with E-state index in [4.69, 9.17) is 20.9 Å². The molecule has 0 saturated heterocycles. The molecule has 0 heterocycles. The van der Waals surface area contributed by atoms with Crippen molar-refractivity contribution in [3.8, 4) is 34.5 Å². The maximum Gasteiger partial charge on any atom is 0.343 e. The normalized spacial score (nSPS) is 10.4. The first-order valence-corrected chi connectivity index (χ1v) is 8.33. The Balaban J connectivity index is 2.13. The maximum atomic E-state index is 11.9. The highest BCUT2D eigenvalue weighted by atomic mass is 16.5. The van der Waals surface area contributed by atoms with Gasteiger partial charge in [-0.25, -0.2) is 9.59 Å². The van der Waals surface area contributed by atoms with Crippen LogP contribution in [0.4, 0.5) is 11.4 Å². The van der Waals surface area contributed by atoms with Crippen LogP contribution in [0.3, 0.4) is 0 Å². The Kier molecular flexibility index (Phi) is 5.23. The second kappa shape index (κ2) is 7.80. The van der Waals surface area contributed by atoms with E-state index in [1.165, 1.54) is 30.3 Å². The van der Waals surface area contributed by atoms with Gasteiger partial charge in [0, 0.05) is 12.1 Å². The zero-order valence-corrected chi connectivity index (χ0v) is 15.2. The summed E-state index contributed by atoms with van der Waals surface area (Å²) in [5, 5.41) is 38.6. The van der Waals surface area contributed by atoms with Crippen LogP contribution in [0.2, 0.25) is 0 Å². The minimum atomic E-state index is -1.53. The van der Waals surface area contributed by atoms with Gasteiger partial charge in [0.1, 0.15) is 39.9 Å². The van der Waals surface area contributed by atoms with Crippen molar-refractivity contribution in [3.63, 3.8) is 0 Å². The Morgan fingerprint density at radius 2 is 1.27 bits per heavy atom. The number of anilines is 2. The van der Waals surface area contributed by atoms with Crippen molar-refractivity contribution in [1.82, 2.24) is 0 Å². The molecule has 0 aliphatic rings. The largest absolute Gasteiger partial charge is 0.506 e. The summed E-state index contributed by atoms with van der Waals surface area (Å²) in [5.41, 5.74) is 10.2. The third kappa shape index (κ3) is 3.97. The van der Waals surface area contributed by atoms with E-state index in [-0.39, 0.29) is 40.1 Å². The Labute approximate surface area is 169 Å². The first-order chi connectivity index (χ1) is 14.2. The maximum absolute atomic E-state index is 11.9. The third-order valence-corrected chi connectivity index (χ3v) is 4.02. The van der Waals surface area contributed by atoms with Crippen LogP contribution >= 0.6 is 0 Å². The first kappa shape index (κ1) is 20.1. The molecular weight excluding hydrogens is 396 g/mol. The van der Waals surface area contributed by atoms with Gasteiger partial charge in [-0.3, -0.25) is 0 Å². The molecule has 0 spiro atoms. The number of ether oxygens (including phenoxy) is 2. The lowest BCUT2D eigenvalue weighted by molar-refractivity contribution is 0.0690. The van der Waals surface area contributed by atoms with Crippen molar-refractivity contribution in [2.24, 2.45) is 0 Å². The highest BCUT2D eigenvalue weighted by molar-refractivity contribution is 6.01. The number of aromatic carboxylic acids is 2. The van der Waals surface area contributed by atoms with Crippen molar-refractivity contribution < 1.29 is 39.5 Å².